The molecular weight excluding hydrogens is 471 g/mol. The van der Waals surface area contributed by atoms with Crippen LogP contribution in [-0.2, 0) is 6.42 Å². The van der Waals surface area contributed by atoms with E-state index in [-0.39, 0.29) is 34.9 Å². The van der Waals surface area contributed by atoms with Crippen LogP contribution in [0.15, 0.2) is 54.7 Å². The fourth-order valence-electron chi connectivity index (χ4n) is 3.92. The molecule has 35 heavy (non-hydrogen) atoms. The molecule has 0 aliphatic carbocycles. The Morgan fingerprint density at radius 1 is 1.11 bits per heavy atom. The fourth-order valence-corrected chi connectivity index (χ4v) is 4.03. The van der Waals surface area contributed by atoms with Crippen LogP contribution in [0.3, 0.4) is 0 Å². The first-order valence-corrected chi connectivity index (χ1v) is 11.5. The summed E-state index contributed by atoms with van der Waals surface area (Å²) in [7, 11) is 1.47. The van der Waals surface area contributed by atoms with Crippen LogP contribution >= 0.6 is 11.6 Å². The first kappa shape index (κ1) is 24.3. The SMILES string of the molecule is COc1ccc(NC(=O)c2ccc(C(=N)N3CCCC3)cc2F)c(C(=O)Cc2ccc(Cl)cn2)c1. The first-order chi connectivity index (χ1) is 16.9. The summed E-state index contributed by atoms with van der Waals surface area (Å²) in [6, 6.07) is 12.1. The zero-order valence-corrected chi connectivity index (χ0v) is 19.9. The predicted molar refractivity (Wildman–Crippen MR) is 132 cm³/mol. The van der Waals surface area contributed by atoms with Crippen LogP contribution in [-0.4, -0.2) is 47.6 Å². The van der Waals surface area contributed by atoms with Gasteiger partial charge in [0.2, 0.25) is 0 Å². The number of benzene rings is 2. The van der Waals surface area contributed by atoms with Crippen molar-refractivity contribution >= 4 is 34.8 Å². The van der Waals surface area contributed by atoms with Crippen molar-refractivity contribution in [1.82, 2.24) is 9.88 Å². The largest absolute Gasteiger partial charge is 0.497 e. The molecule has 0 bridgehead atoms. The molecule has 2 N–H and O–H groups in total. The molecule has 2 heterocycles. The molecule has 1 aromatic heterocycles. The van der Waals surface area contributed by atoms with E-state index >= 15 is 0 Å². The number of hydrogen-bond donors (Lipinski definition) is 2. The van der Waals surface area contributed by atoms with Crippen LogP contribution in [0.1, 0.15) is 44.8 Å². The Kier molecular flexibility index (Phi) is 7.41. The third-order valence-corrected chi connectivity index (χ3v) is 6.04. The Morgan fingerprint density at radius 2 is 1.89 bits per heavy atom. The number of carbonyl (C=O) groups excluding carboxylic acids is 2. The summed E-state index contributed by atoms with van der Waals surface area (Å²) in [6.45, 7) is 1.53. The highest BCUT2D eigenvalue weighted by Gasteiger charge is 2.21. The predicted octanol–water partition coefficient (Wildman–Crippen LogP) is 4.98. The van der Waals surface area contributed by atoms with Gasteiger partial charge in [-0.15, -0.1) is 0 Å². The second-order valence-corrected chi connectivity index (χ2v) is 8.61. The van der Waals surface area contributed by atoms with E-state index in [1.807, 2.05) is 4.90 Å². The Bertz CT molecular complexity index is 1270. The van der Waals surface area contributed by atoms with Gasteiger partial charge in [-0.3, -0.25) is 20.0 Å². The summed E-state index contributed by atoms with van der Waals surface area (Å²) in [5, 5.41) is 11.4. The molecule has 0 unspecified atom stereocenters. The van der Waals surface area contributed by atoms with Crippen molar-refractivity contribution in [2.24, 2.45) is 0 Å². The van der Waals surface area contributed by atoms with Crippen molar-refractivity contribution in [3.8, 4) is 5.75 Å². The Labute approximate surface area is 207 Å². The second-order valence-electron chi connectivity index (χ2n) is 8.17. The minimum absolute atomic E-state index is 0.0190. The maximum absolute atomic E-state index is 14.9. The van der Waals surface area contributed by atoms with Crippen molar-refractivity contribution < 1.29 is 18.7 Å². The third kappa shape index (κ3) is 5.66. The quantitative estimate of drug-likeness (QED) is 0.274. The van der Waals surface area contributed by atoms with E-state index < -0.39 is 11.7 Å². The third-order valence-electron chi connectivity index (χ3n) is 5.82. The molecule has 1 amide bonds. The van der Waals surface area contributed by atoms with Gasteiger partial charge in [0.25, 0.3) is 5.91 Å². The Morgan fingerprint density at radius 3 is 2.54 bits per heavy atom. The van der Waals surface area contributed by atoms with Crippen molar-refractivity contribution in [2.75, 3.05) is 25.5 Å². The molecule has 1 saturated heterocycles. The monoisotopic (exact) mass is 494 g/mol. The van der Waals surface area contributed by atoms with Crippen LogP contribution in [0.25, 0.3) is 0 Å². The molecule has 180 valence electrons. The van der Waals surface area contributed by atoms with Gasteiger partial charge >= 0.3 is 0 Å². The smallest absolute Gasteiger partial charge is 0.258 e. The number of ether oxygens (including phenoxy) is 1. The lowest BCUT2D eigenvalue weighted by atomic mass is 10.0. The van der Waals surface area contributed by atoms with Crippen molar-refractivity contribution in [2.45, 2.75) is 19.3 Å². The average molecular weight is 495 g/mol. The number of halogens is 2. The summed E-state index contributed by atoms with van der Waals surface area (Å²) >= 11 is 5.86. The van der Waals surface area contributed by atoms with E-state index in [4.69, 9.17) is 21.7 Å². The Hall–Kier alpha value is -3.78. The van der Waals surface area contributed by atoms with Gasteiger partial charge in [-0.05, 0) is 55.3 Å². The topological polar surface area (TPSA) is 95.4 Å². The number of ketones is 1. The highest BCUT2D eigenvalue weighted by atomic mass is 35.5. The molecule has 1 fully saturated rings. The number of nitrogens with one attached hydrogen (secondary N) is 2. The van der Waals surface area contributed by atoms with E-state index in [2.05, 4.69) is 10.3 Å². The molecule has 0 saturated carbocycles. The van der Waals surface area contributed by atoms with E-state index in [1.54, 1.807) is 24.3 Å². The number of rotatable bonds is 7. The summed E-state index contributed by atoms with van der Waals surface area (Å²) < 4.78 is 20.1. The minimum atomic E-state index is -0.740. The number of aromatic nitrogens is 1. The number of hydrogen-bond acceptors (Lipinski definition) is 5. The van der Waals surface area contributed by atoms with E-state index in [0.29, 0.717) is 22.0 Å². The molecule has 0 spiro atoms. The lowest BCUT2D eigenvalue weighted by molar-refractivity contribution is 0.0992. The molecule has 3 aromatic rings. The van der Waals surface area contributed by atoms with E-state index in [9.17, 15) is 14.0 Å². The number of pyridine rings is 1. The molecule has 0 atom stereocenters. The molecule has 1 aliphatic rings. The van der Waals surface area contributed by atoms with Crippen molar-refractivity contribution in [3.05, 3.63) is 88.0 Å². The molecule has 7 nitrogen and oxygen atoms in total. The standard InChI is InChI=1S/C26H24ClFN4O3/c1-35-19-7-9-23(21(14-19)24(33)13-18-6-5-17(27)15-30-18)31-26(34)20-8-4-16(12-22(20)28)25(29)32-10-2-3-11-32/h4-9,12,14-15,29H,2-3,10-11,13H2,1H3,(H,31,34). The van der Waals surface area contributed by atoms with Crippen LogP contribution in [0.4, 0.5) is 10.1 Å². The maximum Gasteiger partial charge on any atom is 0.258 e. The van der Waals surface area contributed by atoms with Crippen LogP contribution < -0.4 is 10.1 Å². The molecule has 2 aromatic carbocycles. The van der Waals surface area contributed by atoms with Gasteiger partial charge in [0.1, 0.15) is 17.4 Å². The normalized spacial score (nSPS) is 12.9. The summed E-state index contributed by atoms with van der Waals surface area (Å²) in [4.78, 5) is 32.0. The number of Topliss-reactive ketones (excluding diaryl/α,β-unsaturated/α-hetero) is 1. The van der Waals surface area contributed by atoms with Crippen LogP contribution in [0, 0.1) is 11.2 Å². The highest BCUT2D eigenvalue weighted by molar-refractivity contribution is 6.30. The van der Waals surface area contributed by atoms with Crippen LogP contribution in [0.5, 0.6) is 5.75 Å². The van der Waals surface area contributed by atoms with Gasteiger partial charge in [0.15, 0.2) is 5.78 Å². The molecule has 9 heteroatoms. The lowest BCUT2D eigenvalue weighted by Crippen LogP contribution is -2.28. The zero-order valence-electron chi connectivity index (χ0n) is 19.1. The number of amides is 1. The molecular formula is C26H24ClFN4O3. The van der Waals surface area contributed by atoms with Gasteiger partial charge in [-0.2, -0.15) is 0 Å². The number of methoxy groups -OCH3 is 1. The van der Waals surface area contributed by atoms with Gasteiger partial charge < -0.3 is 15.0 Å². The Balaban J connectivity index is 1.55. The number of amidine groups is 1. The molecule has 0 radical (unpaired) electrons. The second kappa shape index (κ2) is 10.7. The van der Waals surface area contributed by atoms with E-state index in [0.717, 1.165) is 25.9 Å². The number of nitrogens with zero attached hydrogens (tertiary/aromatic N) is 2. The molecule has 4 rings (SSSR count). The van der Waals surface area contributed by atoms with Crippen molar-refractivity contribution in [3.63, 3.8) is 0 Å². The molecule has 1 aliphatic heterocycles. The summed E-state index contributed by atoms with van der Waals surface area (Å²) in [5.74, 6) is -1.07. The number of carbonyl (C=O) groups is 2. The van der Waals surface area contributed by atoms with E-state index in [1.165, 1.54) is 37.6 Å². The van der Waals surface area contributed by atoms with Gasteiger partial charge in [0.05, 0.1) is 29.8 Å². The fraction of sp³-hybridized carbons (Fsp3) is 0.231. The zero-order chi connectivity index (χ0) is 24.9. The maximum atomic E-state index is 14.9. The lowest BCUT2D eigenvalue weighted by Gasteiger charge is -2.19. The average Bonchev–Trinajstić information content (AvgIpc) is 3.40. The van der Waals surface area contributed by atoms with Gasteiger partial charge in [-0.25, -0.2) is 4.39 Å². The summed E-state index contributed by atoms with van der Waals surface area (Å²) in [5.41, 5.74) is 1.18. The van der Waals surface area contributed by atoms with Crippen LogP contribution in [0.2, 0.25) is 5.02 Å². The first-order valence-electron chi connectivity index (χ1n) is 11.1. The van der Waals surface area contributed by atoms with Gasteiger partial charge in [0, 0.05) is 36.1 Å². The minimum Gasteiger partial charge on any atom is -0.497 e. The summed E-state index contributed by atoms with van der Waals surface area (Å²) in [6.07, 6.45) is 3.44. The number of anilines is 1. The highest BCUT2D eigenvalue weighted by Crippen LogP contribution is 2.25. The van der Waals surface area contributed by atoms with Gasteiger partial charge in [-0.1, -0.05) is 17.7 Å². The van der Waals surface area contributed by atoms with Crippen molar-refractivity contribution in [1.29, 1.82) is 5.41 Å². The number of likely N-dealkylation sites (tertiary alicyclic amines) is 1.